The molecule has 3 aromatic carbocycles. The average molecular weight is 345 g/mol. The van der Waals surface area contributed by atoms with Crippen molar-refractivity contribution in [2.75, 3.05) is 0 Å². The highest BCUT2D eigenvalue weighted by Gasteiger charge is 2.07. The fourth-order valence-electron chi connectivity index (χ4n) is 2.59. The van der Waals surface area contributed by atoms with E-state index in [0.717, 1.165) is 22.3 Å². The number of ether oxygens (including phenoxy) is 1. The Morgan fingerprint density at radius 1 is 0.731 bits per heavy atom. The molecule has 1 amide bonds. The molecule has 4 heteroatoms. The van der Waals surface area contributed by atoms with Crippen LogP contribution in [0.2, 0.25) is 0 Å². The van der Waals surface area contributed by atoms with Gasteiger partial charge in [-0.1, -0.05) is 66.7 Å². The highest BCUT2D eigenvalue weighted by atomic mass is 16.5. The van der Waals surface area contributed by atoms with Crippen molar-refractivity contribution in [2.45, 2.75) is 13.0 Å². The second-order valence-electron chi connectivity index (χ2n) is 5.96. The molecule has 3 aromatic rings. The Morgan fingerprint density at radius 2 is 1.31 bits per heavy atom. The van der Waals surface area contributed by atoms with Crippen LogP contribution in [0.1, 0.15) is 21.5 Å². The lowest BCUT2D eigenvalue weighted by Gasteiger charge is -2.07. The van der Waals surface area contributed by atoms with Gasteiger partial charge in [0.25, 0.3) is 0 Å². The highest BCUT2D eigenvalue weighted by molar-refractivity contribution is 5.92. The summed E-state index contributed by atoms with van der Waals surface area (Å²) in [5.41, 5.74) is 9.58. The lowest BCUT2D eigenvalue weighted by molar-refractivity contribution is -0.144. The molecule has 3 rings (SSSR count). The van der Waals surface area contributed by atoms with E-state index in [4.69, 9.17) is 10.5 Å². The van der Waals surface area contributed by atoms with Crippen LogP contribution in [-0.4, -0.2) is 11.9 Å². The normalized spacial score (nSPS) is 10.3. The Labute approximate surface area is 152 Å². The maximum Gasteiger partial charge on any atom is 0.310 e. The highest BCUT2D eigenvalue weighted by Crippen LogP contribution is 2.19. The second-order valence-corrected chi connectivity index (χ2v) is 5.96. The van der Waals surface area contributed by atoms with Crippen LogP contribution in [-0.2, 0) is 22.6 Å². The quantitative estimate of drug-likeness (QED) is 0.692. The smallest absolute Gasteiger partial charge is 0.310 e. The molecule has 0 heterocycles. The van der Waals surface area contributed by atoms with Crippen LogP contribution in [0.5, 0.6) is 0 Å². The van der Waals surface area contributed by atoms with Gasteiger partial charge in [0.05, 0.1) is 6.42 Å². The molecule has 0 spiro atoms. The summed E-state index contributed by atoms with van der Waals surface area (Å²) in [5.74, 6) is -0.774. The van der Waals surface area contributed by atoms with E-state index in [1.165, 1.54) is 0 Å². The Balaban J connectivity index is 1.54. The zero-order valence-corrected chi connectivity index (χ0v) is 14.2. The molecule has 130 valence electrons. The number of primary amides is 1. The third-order valence-corrected chi connectivity index (χ3v) is 4.05. The summed E-state index contributed by atoms with van der Waals surface area (Å²) in [6.07, 6.45) is 0.217. The van der Waals surface area contributed by atoms with Gasteiger partial charge in [-0.25, -0.2) is 0 Å². The van der Waals surface area contributed by atoms with Crippen LogP contribution in [0.25, 0.3) is 11.1 Å². The van der Waals surface area contributed by atoms with E-state index in [1.54, 1.807) is 24.3 Å². The third-order valence-electron chi connectivity index (χ3n) is 4.05. The molecule has 0 aliphatic heterocycles. The number of hydrogen-bond donors (Lipinski definition) is 1. The van der Waals surface area contributed by atoms with Crippen molar-refractivity contribution in [3.05, 3.63) is 95.6 Å². The zero-order valence-electron chi connectivity index (χ0n) is 14.2. The molecule has 0 aliphatic rings. The Kier molecular flexibility index (Phi) is 5.44. The molecule has 0 aromatic heterocycles. The lowest BCUT2D eigenvalue weighted by Crippen LogP contribution is -2.11. The van der Waals surface area contributed by atoms with Crippen LogP contribution >= 0.6 is 0 Å². The molecule has 0 radical (unpaired) electrons. The summed E-state index contributed by atoms with van der Waals surface area (Å²) in [5, 5.41) is 0. The van der Waals surface area contributed by atoms with Gasteiger partial charge < -0.3 is 10.5 Å². The van der Waals surface area contributed by atoms with Gasteiger partial charge in [-0.15, -0.1) is 0 Å². The maximum absolute atomic E-state index is 12.0. The molecule has 0 atom stereocenters. The number of carbonyl (C=O) groups is 2. The number of nitrogens with two attached hydrogens (primary N) is 1. The number of amides is 1. The lowest BCUT2D eigenvalue weighted by atomic mass is 10.0. The molecule has 4 nitrogen and oxygen atoms in total. The van der Waals surface area contributed by atoms with E-state index in [-0.39, 0.29) is 19.0 Å². The summed E-state index contributed by atoms with van der Waals surface area (Å²) < 4.78 is 5.29. The van der Waals surface area contributed by atoms with Crippen molar-refractivity contribution in [3.8, 4) is 11.1 Å². The Hall–Kier alpha value is -3.40. The van der Waals surface area contributed by atoms with Crippen molar-refractivity contribution in [1.29, 1.82) is 0 Å². The van der Waals surface area contributed by atoms with Crippen molar-refractivity contribution >= 4 is 11.9 Å². The van der Waals surface area contributed by atoms with Crippen molar-refractivity contribution in [2.24, 2.45) is 5.73 Å². The predicted octanol–water partition coefficient (Wildman–Crippen LogP) is 3.74. The fraction of sp³-hybridized carbons (Fsp3) is 0.0909. The number of esters is 1. The SMILES string of the molecule is NC(=O)c1ccc(COC(=O)Cc2ccc(-c3ccccc3)cc2)cc1. The van der Waals surface area contributed by atoms with Gasteiger partial charge in [0.1, 0.15) is 6.61 Å². The molecule has 0 unspecified atom stereocenters. The summed E-state index contributed by atoms with van der Waals surface area (Å²) in [4.78, 5) is 23.1. The monoisotopic (exact) mass is 345 g/mol. The van der Waals surface area contributed by atoms with Crippen LogP contribution < -0.4 is 5.73 Å². The molecule has 0 fully saturated rings. The van der Waals surface area contributed by atoms with Gasteiger partial charge in [0.2, 0.25) is 5.91 Å². The van der Waals surface area contributed by atoms with Crippen LogP contribution in [0, 0.1) is 0 Å². The van der Waals surface area contributed by atoms with Gasteiger partial charge in [-0.3, -0.25) is 9.59 Å². The first-order valence-electron chi connectivity index (χ1n) is 8.30. The van der Waals surface area contributed by atoms with E-state index < -0.39 is 5.91 Å². The number of rotatable bonds is 6. The molecular formula is C22H19NO3. The fourth-order valence-corrected chi connectivity index (χ4v) is 2.59. The van der Waals surface area contributed by atoms with Crippen molar-refractivity contribution < 1.29 is 14.3 Å². The van der Waals surface area contributed by atoms with E-state index in [9.17, 15) is 9.59 Å². The molecule has 26 heavy (non-hydrogen) atoms. The Morgan fingerprint density at radius 3 is 1.92 bits per heavy atom. The largest absolute Gasteiger partial charge is 0.461 e. The van der Waals surface area contributed by atoms with E-state index in [2.05, 4.69) is 0 Å². The van der Waals surface area contributed by atoms with Crippen molar-refractivity contribution in [3.63, 3.8) is 0 Å². The van der Waals surface area contributed by atoms with Crippen LogP contribution in [0.3, 0.4) is 0 Å². The van der Waals surface area contributed by atoms with Crippen molar-refractivity contribution in [1.82, 2.24) is 0 Å². The summed E-state index contributed by atoms with van der Waals surface area (Å²) in [7, 11) is 0. The first kappa shape index (κ1) is 17.4. The number of hydrogen-bond acceptors (Lipinski definition) is 3. The third kappa shape index (κ3) is 4.57. The summed E-state index contributed by atoms with van der Waals surface area (Å²) >= 11 is 0. The average Bonchev–Trinajstić information content (AvgIpc) is 2.68. The van der Waals surface area contributed by atoms with Gasteiger partial charge in [-0.05, 0) is 34.4 Å². The molecule has 0 saturated carbocycles. The molecular weight excluding hydrogens is 326 g/mol. The molecule has 0 saturated heterocycles. The van der Waals surface area contributed by atoms with Gasteiger partial charge in [-0.2, -0.15) is 0 Å². The van der Waals surface area contributed by atoms with Gasteiger partial charge >= 0.3 is 5.97 Å². The molecule has 0 aliphatic carbocycles. The van der Waals surface area contributed by atoms with E-state index in [0.29, 0.717) is 5.56 Å². The van der Waals surface area contributed by atoms with Gasteiger partial charge in [0, 0.05) is 5.56 Å². The van der Waals surface area contributed by atoms with E-state index >= 15 is 0 Å². The molecule has 0 bridgehead atoms. The molecule has 2 N–H and O–H groups in total. The minimum absolute atomic E-state index is 0.167. The summed E-state index contributed by atoms with van der Waals surface area (Å²) in [6, 6.07) is 24.6. The first-order chi connectivity index (χ1) is 12.6. The number of benzene rings is 3. The maximum atomic E-state index is 12.0. The second kappa shape index (κ2) is 8.12. The predicted molar refractivity (Wildman–Crippen MR) is 100 cm³/mol. The number of carbonyl (C=O) groups excluding carboxylic acids is 2. The minimum Gasteiger partial charge on any atom is -0.461 e. The van der Waals surface area contributed by atoms with Crippen LogP contribution in [0.15, 0.2) is 78.9 Å². The first-order valence-corrected chi connectivity index (χ1v) is 8.30. The van der Waals surface area contributed by atoms with Crippen LogP contribution in [0.4, 0.5) is 0 Å². The van der Waals surface area contributed by atoms with Gasteiger partial charge in [0.15, 0.2) is 0 Å². The Bertz CT molecular complexity index is 885. The van der Waals surface area contributed by atoms with E-state index in [1.807, 2.05) is 54.6 Å². The topological polar surface area (TPSA) is 69.4 Å². The zero-order chi connectivity index (χ0) is 18.4. The minimum atomic E-state index is -0.479. The summed E-state index contributed by atoms with van der Waals surface area (Å²) in [6.45, 7) is 0.167. The standard InChI is InChI=1S/C22H19NO3/c23-22(25)20-12-8-17(9-13-20)15-26-21(24)14-16-6-10-19(11-7-16)18-4-2-1-3-5-18/h1-13H,14-15H2,(H2,23,25).